The zero-order valence-electron chi connectivity index (χ0n) is 13.4. The topological polar surface area (TPSA) is 30.0 Å². The highest BCUT2D eigenvalue weighted by Crippen LogP contribution is 2.19. The van der Waals surface area contributed by atoms with Gasteiger partial charge in [-0.15, -0.1) is 0 Å². The van der Waals surface area contributed by atoms with E-state index in [9.17, 15) is 4.79 Å². The Balaban J connectivity index is 1.99. The number of ketones is 1. The van der Waals surface area contributed by atoms with Gasteiger partial charge in [-0.3, -0.25) is 9.78 Å². The molecule has 0 bridgehead atoms. The number of unbranched alkanes of at least 4 members (excludes halogenated alkanes) is 2. The van der Waals surface area contributed by atoms with E-state index in [2.05, 4.69) is 36.2 Å². The minimum absolute atomic E-state index is 0.0925. The maximum absolute atomic E-state index is 11.3. The van der Waals surface area contributed by atoms with Gasteiger partial charge in [-0.2, -0.15) is 0 Å². The molecule has 0 aliphatic heterocycles. The summed E-state index contributed by atoms with van der Waals surface area (Å²) in [5.74, 6) is 0.0925. The Morgan fingerprint density at radius 1 is 1.05 bits per heavy atom. The van der Waals surface area contributed by atoms with Crippen molar-refractivity contribution in [3.05, 3.63) is 66.0 Å². The highest BCUT2D eigenvalue weighted by Gasteiger charge is 2.01. The van der Waals surface area contributed by atoms with E-state index in [1.54, 1.807) is 6.92 Å². The molecule has 0 radical (unpaired) electrons. The van der Waals surface area contributed by atoms with E-state index in [1.165, 1.54) is 12.8 Å². The highest BCUT2D eigenvalue weighted by molar-refractivity contribution is 5.94. The van der Waals surface area contributed by atoms with Crippen LogP contribution in [-0.4, -0.2) is 10.8 Å². The number of nitrogens with zero attached hydrogens (tertiary/aromatic N) is 1. The molecule has 0 fully saturated rings. The Bertz CT molecular complexity index is 624. The van der Waals surface area contributed by atoms with E-state index in [4.69, 9.17) is 0 Å². The van der Waals surface area contributed by atoms with Gasteiger partial charge in [0, 0.05) is 29.4 Å². The van der Waals surface area contributed by atoms with E-state index >= 15 is 0 Å². The summed E-state index contributed by atoms with van der Waals surface area (Å²) in [5, 5.41) is 0. The molecule has 0 amide bonds. The van der Waals surface area contributed by atoms with Crippen LogP contribution < -0.4 is 0 Å². The molecule has 0 aliphatic carbocycles. The second-order valence-electron chi connectivity index (χ2n) is 5.49. The average Bonchev–Trinajstić information content (AvgIpc) is 2.55. The second kappa shape index (κ2) is 8.28. The molecule has 0 unspecified atom stereocenters. The molecule has 0 spiro atoms. The lowest BCUT2D eigenvalue weighted by atomic mass is 10.0. The van der Waals surface area contributed by atoms with Crippen LogP contribution in [0, 0.1) is 0 Å². The third-order valence-corrected chi connectivity index (χ3v) is 3.67. The first-order valence-corrected chi connectivity index (χ1v) is 7.92. The van der Waals surface area contributed by atoms with Gasteiger partial charge in [0.2, 0.25) is 0 Å². The van der Waals surface area contributed by atoms with E-state index in [1.807, 2.05) is 30.5 Å². The molecular weight excluding hydrogens is 270 g/mol. The van der Waals surface area contributed by atoms with Crippen molar-refractivity contribution in [2.24, 2.45) is 0 Å². The number of rotatable bonds is 7. The first kappa shape index (κ1) is 16.2. The number of pyridine rings is 1. The van der Waals surface area contributed by atoms with Gasteiger partial charge in [0.05, 0.1) is 0 Å². The van der Waals surface area contributed by atoms with Gasteiger partial charge >= 0.3 is 0 Å². The van der Waals surface area contributed by atoms with Crippen molar-refractivity contribution in [1.82, 2.24) is 4.98 Å². The zero-order chi connectivity index (χ0) is 15.8. The van der Waals surface area contributed by atoms with E-state index in [0.717, 1.165) is 35.2 Å². The maximum Gasteiger partial charge on any atom is 0.159 e. The number of aromatic nitrogens is 1. The maximum atomic E-state index is 11.3. The number of Topliss-reactive ketones (excluding diaryl/α,β-unsaturated/α-hetero) is 1. The summed E-state index contributed by atoms with van der Waals surface area (Å²) in [7, 11) is 0. The van der Waals surface area contributed by atoms with Gasteiger partial charge in [0.25, 0.3) is 0 Å². The van der Waals surface area contributed by atoms with Crippen LogP contribution in [-0.2, 0) is 6.42 Å². The molecule has 2 heteroatoms. The lowest BCUT2D eigenvalue weighted by molar-refractivity contribution is 0.101. The van der Waals surface area contributed by atoms with Crippen molar-refractivity contribution in [2.75, 3.05) is 0 Å². The van der Waals surface area contributed by atoms with Crippen molar-refractivity contribution >= 4 is 5.78 Å². The number of hydrogen-bond acceptors (Lipinski definition) is 2. The monoisotopic (exact) mass is 293 g/mol. The summed E-state index contributed by atoms with van der Waals surface area (Å²) in [6.45, 7) is 3.79. The first-order chi connectivity index (χ1) is 10.7. The number of allylic oxidation sites excluding steroid dienone is 2. The SMILES string of the molecule is CCCC/C=C/Cc1ccc(-c2ccc(C(C)=O)cc2)cn1. The summed E-state index contributed by atoms with van der Waals surface area (Å²) in [4.78, 5) is 15.8. The third kappa shape index (κ3) is 4.66. The van der Waals surface area contributed by atoms with Gasteiger partial charge in [0.15, 0.2) is 5.78 Å². The van der Waals surface area contributed by atoms with Crippen LogP contribution in [0.15, 0.2) is 54.7 Å². The number of carbonyl (C=O) groups is 1. The molecule has 0 atom stereocenters. The van der Waals surface area contributed by atoms with Crippen molar-refractivity contribution in [2.45, 2.75) is 39.5 Å². The van der Waals surface area contributed by atoms with Crippen molar-refractivity contribution < 1.29 is 4.79 Å². The lowest BCUT2D eigenvalue weighted by Gasteiger charge is -2.03. The van der Waals surface area contributed by atoms with Gasteiger partial charge in [-0.1, -0.05) is 62.2 Å². The summed E-state index contributed by atoms with van der Waals surface area (Å²) in [5.41, 5.74) is 3.98. The number of benzene rings is 1. The summed E-state index contributed by atoms with van der Waals surface area (Å²) < 4.78 is 0. The molecule has 0 N–H and O–H groups in total. The molecular formula is C20H23NO. The molecule has 114 valence electrons. The quantitative estimate of drug-likeness (QED) is 0.397. The van der Waals surface area contributed by atoms with E-state index in [-0.39, 0.29) is 5.78 Å². The number of carbonyl (C=O) groups excluding carboxylic acids is 1. The predicted octanol–water partition coefficient (Wildman–Crippen LogP) is 5.24. The Hall–Kier alpha value is -2.22. The Morgan fingerprint density at radius 2 is 1.77 bits per heavy atom. The van der Waals surface area contributed by atoms with Crippen LogP contribution >= 0.6 is 0 Å². The minimum atomic E-state index is 0.0925. The van der Waals surface area contributed by atoms with Crippen molar-refractivity contribution in [3.8, 4) is 11.1 Å². The molecule has 2 rings (SSSR count). The Morgan fingerprint density at radius 3 is 2.36 bits per heavy atom. The van der Waals surface area contributed by atoms with Crippen LogP contribution in [0.4, 0.5) is 0 Å². The van der Waals surface area contributed by atoms with Gasteiger partial charge in [-0.05, 0) is 25.0 Å². The lowest BCUT2D eigenvalue weighted by Crippen LogP contribution is -1.91. The molecule has 1 aromatic carbocycles. The molecule has 0 aliphatic rings. The van der Waals surface area contributed by atoms with E-state index in [0.29, 0.717) is 0 Å². The molecule has 0 saturated carbocycles. The smallest absolute Gasteiger partial charge is 0.159 e. The average molecular weight is 293 g/mol. The highest BCUT2D eigenvalue weighted by atomic mass is 16.1. The fraction of sp³-hybridized carbons (Fsp3) is 0.300. The van der Waals surface area contributed by atoms with Gasteiger partial charge < -0.3 is 0 Å². The van der Waals surface area contributed by atoms with Crippen LogP contribution in [0.2, 0.25) is 0 Å². The zero-order valence-corrected chi connectivity index (χ0v) is 13.4. The summed E-state index contributed by atoms with van der Waals surface area (Å²) in [6, 6.07) is 11.8. The third-order valence-electron chi connectivity index (χ3n) is 3.67. The molecule has 22 heavy (non-hydrogen) atoms. The van der Waals surface area contributed by atoms with Crippen LogP contribution in [0.5, 0.6) is 0 Å². The predicted molar refractivity (Wildman–Crippen MR) is 92.0 cm³/mol. The van der Waals surface area contributed by atoms with Crippen LogP contribution in [0.25, 0.3) is 11.1 Å². The number of hydrogen-bond donors (Lipinski definition) is 0. The fourth-order valence-corrected chi connectivity index (χ4v) is 2.26. The largest absolute Gasteiger partial charge is 0.295 e. The molecule has 1 aromatic heterocycles. The normalized spacial score (nSPS) is 11.0. The van der Waals surface area contributed by atoms with Crippen LogP contribution in [0.1, 0.15) is 49.2 Å². The summed E-state index contributed by atoms with van der Waals surface area (Å²) in [6.07, 6.45) is 10.8. The molecule has 2 nitrogen and oxygen atoms in total. The second-order valence-corrected chi connectivity index (χ2v) is 5.49. The first-order valence-electron chi connectivity index (χ1n) is 7.92. The van der Waals surface area contributed by atoms with Gasteiger partial charge in [-0.25, -0.2) is 0 Å². The summed E-state index contributed by atoms with van der Waals surface area (Å²) >= 11 is 0. The Labute approximate surface area is 132 Å². The Kier molecular flexibility index (Phi) is 6.08. The minimum Gasteiger partial charge on any atom is -0.295 e. The fourth-order valence-electron chi connectivity index (χ4n) is 2.26. The molecule has 1 heterocycles. The van der Waals surface area contributed by atoms with Crippen LogP contribution in [0.3, 0.4) is 0 Å². The van der Waals surface area contributed by atoms with Gasteiger partial charge in [0.1, 0.15) is 0 Å². The molecule has 0 saturated heterocycles. The standard InChI is InChI=1S/C20H23NO/c1-3-4-5-6-7-8-20-14-13-19(15-21-20)18-11-9-17(10-12-18)16(2)22/h6-7,9-15H,3-5,8H2,1-2H3/b7-6+. The van der Waals surface area contributed by atoms with E-state index < -0.39 is 0 Å². The van der Waals surface area contributed by atoms with Crippen molar-refractivity contribution in [3.63, 3.8) is 0 Å². The molecule has 2 aromatic rings. The van der Waals surface area contributed by atoms with Crippen molar-refractivity contribution in [1.29, 1.82) is 0 Å².